The number of fused-ring (bicyclic) bond motifs is 1. The van der Waals surface area contributed by atoms with E-state index in [1.165, 1.54) is 0 Å². The van der Waals surface area contributed by atoms with Crippen molar-refractivity contribution in [2.75, 3.05) is 19.6 Å². The van der Waals surface area contributed by atoms with Gasteiger partial charge in [-0.25, -0.2) is 0 Å². The average molecular weight is 306 g/mol. The first kappa shape index (κ1) is 14.9. The standard InChI is InChI=1S/C19H18N2O2/c1-22-16-10-8-15(9-11-16)21-20-13-18-17-6-4-3-5-14(17)7-12-19(18)23-2/h3-13,21H,1-2H3/b20-13+. The molecule has 3 aromatic rings. The van der Waals surface area contributed by atoms with E-state index in [1.54, 1.807) is 20.4 Å². The van der Waals surface area contributed by atoms with Crippen molar-refractivity contribution in [2.24, 2.45) is 5.10 Å². The van der Waals surface area contributed by atoms with Gasteiger partial charge < -0.3 is 9.47 Å². The van der Waals surface area contributed by atoms with Crippen LogP contribution in [0.1, 0.15) is 5.56 Å². The maximum absolute atomic E-state index is 5.45. The Labute approximate surface area is 135 Å². The van der Waals surface area contributed by atoms with Crippen molar-refractivity contribution in [2.45, 2.75) is 0 Å². The van der Waals surface area contributed by atoms with Crippen LogP contribution in [0.15, 0.2) is 65.8 Å². The molecule has 0 saturated heterocycles. The van der Waals surface area contributed by atoms with Crippen molar-refractivity contribution in [3.05, 3.63) is 66.2 Å². The maximum Gasteiger partial charge on any atom is 0.128 e. The minimum atomic E-state index is 0.795. The highest BCUT2D eigenvalue weighted by atomic mass is 16.5. The number of methoxy groups -OCH3 is 2. The van der Waals surface area contributed by atoms with Crippen LogP contribution in [0, 0.1) is 0 Å². The van der Waals surface area contributed by atoms with Crippen molar-refractivity contribution in [1.82, 2.24) is 0 Å². The average Bonchev–Trinajstić information content (AvgIpc) is 2.62. The summed E-state index contributed by atoms with van der Waals surface area (Å²) in [6.45, 7) is 0. The van der Waals surface area contributed by atoms with E-state index in [9.17, 15) is 0 Å². The Bertz CT molecular complexity index is 826. The lowest BCUT2D eigenvalue weighted by Crippen LogP contribution is -1.95. The van der Waals surface area contributed by atoms with Crippen LogP contribution in [0.3, 0.4) is 0 Å². The molecule has 3 aromatic carbocycles. The zero-order chi connectivity index (χ0) is 16.1. The first-order valence-corrected chi connectivity index (χ1v) is 7.30. The molecule has 4 nitrogen and oxygen atoms in total. The highest BCUT2D eigenvalue weighted by molar-refractivity contribution is 6.02. The summed E-state index contributed by atoms with van der Waals surface area (Å²) in [6.07, 6.45) is 1.78. The van der Waals surface area contributed by atoms with E-state index in [0.29, 0.717) is 0 Å². The van der Waals surface area contributed by atoms with Crippen molar-refractivity contribution in [3.8, 4) is 11.5 Å². The summed E-state index contributed by atoms with van der Waals surface area (Å²) in [4.78, 5) is 0. The third-order valence-corrected chi connectivity index (χ3v) is 3.63. The van der Waals surface area contributed by atoms with Gasteiger partial charge in [0.1, 0.15) is 11.5 Å². The monoisotopic (exact) mass is 306 g/mol. The highest BCUT2D eigenvalue weighted by Crippen LogP contribution is 2.26. The first-order chi connectivity index (χ1) is 11.3. The van der Waals surface area contributed by atoms with E-state index < -0.39 is 0 Å². The molecule has 0 heterocycles. The Morgan fingerprint density at radius 3 is 2.39 bits per heavy atom. The molecule has 0 bridgehead atoms. The van der Waals surface area contributed by atoms with Crippen LogP contribution in [0.5, 0.6) is 11.5 Å². The molecule has 0 aliphatic heterocycles. The fourth-order valence-corrected chi connectivity index (χ4v) is 2.42. The maximum atomic E-state index is 5.45. The van der Waals surface area contributed by atoms with Crippen LogP contribution >= 0.6 is 0 Å². The van der Waals surface area contributed by atoms with Gasteiger partial charge in [0, 0.05) is 5.56 Å². The molecule has 23 heavy (non-hydrogen) atoms. The molecule has 0 aliphatic rings. The largest absolute Gasteiger partial charge is 0.497 e. The number of nitrogens with one attached hydrogen (secondary N) is 1. The fourth-order valence-electron chi connectivity index (χ4n) is 2.42. The van der Waals surface area contributed by atoms with Gasteiger partial charge in [-0.05, 0) is 41.1 Å². The third-order valence-electron chi connectivity index (χ3n) is 3.63. The summed E-state index contributed by atoms with van der Waals surface area (Å²) in [7, 11) is 3.31. The van der Waals surface area contributed by atoms with Gasteiger partial charge in [0.2, 0.25) is 0 Å². The second-order valence-electron chi connectivity index (χ2n) is 5.00. The second-order valence-corrected chi connectivity index (χ2v) is 5.00. The number of hydrogen-bond donors (Lipinski definition) is 1. The molecule has 0 amide bonds. The molecule has 0 saturated carbocycles. The van der Waals surface area contributed by atoms with Gasteiger partial charge in [0.25, 0.3) is 0 Å². The Kier molecular flexibility index (Phi) is 4.43. The predicted molar refractivity (Wildman–Crippen MR) is 94.7 cm³/mol. The Morgan fingerprint density at radius 1 is 0.870 bits per heavy atom. The lowest BCUT2D eigenvalue weighted by atomic mass is 10.0. The Balaban J connectivity index is 1.87. The summed E-state index contributed by atoms with van der Waals surface area (Å²) < 4.78 is 10.6. The van der Waals surface area contributed by atoms with Crippen LogP contribution in [0.25, 0.3) is 10.8 Å². The van der Waals surface area contributed by atoms with E-state index in [2.05, 4.69) is 22.7 Å². The minimum Gasteiger partial charge on any atom is -0.497 e. The lowest BCUT2D eigenvalue weighted by molar-refractivity contribution is 0.415. The summed E-state index contributed by atoms with van der Waals surface area (Å²) in [5, 5.41) is 6.59. The molecule has 0 spiro atoms. The van der Waals surface area contributed by atoms with Crippen molar-refractivity contribution in [3.63, 3.8) is 0 Å². The van der Waals surface area contributed by atoms with E-state index in [1.807, 2.05) is 48.5 Å². The molecule has 0 unspecified atom stereocenters. The summed E-state index contributed by atoms with van der Waals surface area (Å²) in [5.74, 6) is 1.61. The van der Waals surface area contributed by atoms with Crippen LogP contribution < -0.4 is 14.9 Å². The normalized spacial score (nSPS) is 10.9. The van der Waals surface area contributed by atoms with E-state index in [0.717, 1.165) is 33.5 Å². The summed E-state index contributed by atoms with van der Waals surface area (Å²) in [6, 6.07) is 19.8. The second kappa shape index (κ2) is 6.83. The number of anilines is 1. The van der Waals surface area contributed by atoms with Gasteiger partial charge in [0.15, 0.2) is 0 Å². The van der Waals surface area contributed by atoms with E-state index in [4.69, 9.17) is 9.47 Å². The third kappa shape index (κ3) is 3.26. The zero-order valence-electron chi connectivity index (χ0n) is 13.1. The van der Waals surface area contributed by atoms with Crippen LogP contribution in [-0.4, -0.2) is 20.4 Å². The number of hydrogen-bond acceptors (Lipinski definition) is 4. The van der Waals surface area contributed by atoms with Gasteiger partial charge >= 0.3 is 0 Å². The number of ether oxygens (including phenoxy) is 2. The molecular formula is C19H18N2O2. The number of nitrogens with zero attached hydrogens (tertiary/aromatic N) is 1. The Morgan fingerprint density at radius 2 is 1.65 bits per heavy atom. The molecule has 0 aliphatic carbocycles. The van der Waals surface area contributed by atoms with E-state index in [-0.39, 0.29) is 0 Å². The lowest BCUT2D eigenvalue weighted by Gasteiger charge is -2.08. The van der Waals surface area contributed by atoms with Gasteiger partial charge in [-0.3, -0.25) is 5.43 Å². The summed E-state index contributed by atoms with van der Waals surface area (Å²) in [5.41, 5.74) is 4.86. The number of hydrazone groups is 1. The molecule has 0 atom stereocenters. The van der Waals surface area contributed by atoms with Crippen LogP contribution in [0.2, 0.25) is 0 Å². The highest BCUT2D eigenvalue weighted by Gasteiger charge is 2.05. The number of rotatable bonds is 5. The van der Waals surface area contributed by atoms with Gasteiger partial charge in [0.05, 0.1) is 26.1 Å². The van der Waals surface area contributed by atoms with Crippen LogP contribution in [-0.2, 0) is 0 Å². The van der Waals surface area contributed by atoms with Gasteiger partial charge in [-0.2, -0.15) is 5.10 Å². The SMILES string of the molecule is COc1ccc(N/N=C/c2c(OC)ccc3ccccc23)cc1. The van der Waals surface area contributed by atoms with Crippen molar-refractivity contribution < 1.29 is 9.47 Å². The van der Waals surface area contributed by atoms with E-state index >= 15 is 0 Å². The van der Waals surface area contributed by atoms with Crippen molar-refractivity contribution in [1.29, 1.82) is 0 Å². The molecule has 0 fully saturated rings. The smallest absolute Gasteiger partial charge is 0.128 e. The minimum absolute atomic E-state index is 0.795. The molecule has 4 heteroatoms. The first-order valence-electron chi connectivity index (χ1n) is 7.30. The van der Waals surface area contributed by atoms with Gasteiger partial charge in [-0.1, -0.05) is 30.3 Å². The fraction of sp³-hybridized carbons (Fsp3) is 0.105. The zero-order valence-corrected chi connectivity index (χ0v) is 13.1. The molecule has 0 aromatic heterocycles. The molecule has 3 rings (SSSR count). The quantitative estimate of drug-likeness (QED) is 0.564. The van der Waals surface area contributed by atoms with Crippen LogP contribution in [0.4, 0.5) is 5.69 Å². The predicted octanol–water partition coefficient (Wildman–Crippen LogP) is 4.30. The molecule has 1 N–H and O–H groups in total. The van der Waals surface area contributed by atoms with Crippen molar-refractivity contribution >= 4 is 22.7 Å². The van der Waals surface area contributed by atoms with Gasteiger partial charge in [-0.15, -0.1) is 0 Å². The number of benzene rings is 3. The molecule has 116 valence electrons. The molecule has 0 radical (unpaired) electrons. The Hall–Kier alpha value is -3.01. The topological polar surface area (TPSA) is 42.8 Å². The molecular weight excluding hydrogens is 288 g/mol. The summed E-state index contributed by atoms with van der Waals surface area (Å²) >= 11 is 0.